The number of rotatable bonds is 8. The second-order valence-corrected chi connectivity index (χ2v) is 6.61. The molecule has 0 saturated carbocycles. The first kappa shape index (κ1) is 16.8. The number of benzene rings is 1. The van der Waals surface area contributed by atoms with Crippen molar-refractivity contribution in [1.29, 1.82) is 0 Å². The number of para-hydroxylation sites is 1. The number of hydrogen-bond donors (Lipinski definition) is 2. The second kappa shape index (κ2) is 7.51. The van der Waals surface area contributed by atoms with Gasteiger partial charge in [-0.05, 0) is 30.6 Å². The first-order valence-electron chi connectivity index (χ1n) is 5.79. The fourth-order valence-corrected chi connectivity index (χ4v) is 3.43. The average Bonchev–Trinajstić information content (AvgIpc) is 2.43. The van der Waals surface area contributed by atoms with Crippen molar-refractivity contribution in [3.8, 4) is 5.75 Å². The van der Waals surface area contributed by atoms with Crippen molar-refractivity contribution in [2.24, 2.45) is 0 Å². The third-order valence-electron chi connectivity index (χ3n) is 2.56. The molecule has 0 heterocycles. The predicted molar refractivity (Wildman–Crippen MR) is 77.7 cm³/mol. The molecule has 8 heteroatoms. The fraction of sp³-hybridized carbons (Fsp3) is 0.417. The number of carboxylic acid groups (broad SMARTS) is 1. The molecular weight excluding hydrogens is 302 g/mol. The van der Waals surface area contributed by atoms with Gasteiger partial charge in [0.15, 0.2) is 0 Å². The van der Waals surface area contributed by atoms with Crippen molar-refractivity contribution >= 4 is 27.8 Å². The normalized spacial score (nSPS) is 12.9. The van der Waals surface area contributed by atoms with Crippen LogP contribution in [0.25, 0.3) is 0 Å². The molecule has 112 valence electrons. The summed E-state index contributed by atoms with van der Waals surface area (Å²) in [6.45, 7) is 0. The molecule has 1 atom stereocenters. The van der Waals surface area contributed by atoms with E-state index in [2.05, 4.69) is 4.72 Å². The summed E-state index contributed by atoms with van der Waals surface area (Å²) in [4.78, 5) is 11.0. The maximum atomic E-state index is 12.2. The quantitative estimate of drug-likeness (QED) is 0.747. The van der Waals surface area contributed by atoms with E-state index >= 15 is 0 Å². The van der Waals surface area contributed by atoms with E-state index < -0.39 is 22.0 Å². The van der Waals surface area contributed by atoms with Crippen molar-refractivity contribution in [1.82, 2.24) is 4.72 Å². The van der Waals surface area contributed by atoms with E-state index in [1.54, 1.807) is 12.1 Å². The second-order valence-electron chi connectivity index (χ2n) is 3.94. The van der Waals surface area contributed by atoms with Gasteiger partial charge in [0.1, 0.15) is 16.7 Å². The number of sulfonamides is 1. The van der Waals surface area contributed by atoms with Crippen LogP contribution in [0.5, 0.6) is 5.75 Å². The Morgan fingerprint density at radius 1 is 1.45 bits per heavy atom. The fourth-order valence-electron chi connectivity index (χ4n) is 1.56. The molecule has 0 saturated heterocycles. The summed E-state index contributed by atoms with van der Waals surface area (Å²) in [6, 6.07) is 4.91. The standard InChI is InChI=1S/C12H17NO5S2/c1-18-10-5-3-4-6-11(10)20(16,17)13-9(12(14)15)7-8-19-2/h3-6,9,13H,7-8H2,1-2H3,(H,14,15). The molecule has 1 rings (SSSR count). The molecule has 1 aromatic carbocycles. The first-order valence-corrected chi connectivity index (χ1v) is 8.67. The van der Waals surface area contributed by atoms with Gasteiger partial charge in [-0.15, -0.1) is 0 Å². The Kier molecular flexibility index (Phi) is 6.31. The van der Waals surface area contributed by atoms with Crippen LogP contribution in [0.3, 0.4) is 0 Å². The summed E-state index contributed by atoms with van der Waals surface area (Å²) >= 11 is 1.45. The molecule has 20 heavy (non-hydrogen) atoms. The topological polar surface area (TPSA) is 92.7 Å². The molecule has 0 fully saturated rings. The van der Waals surface area contributed by atoms with Crippen LogP contribution in [0.1, 0.15) is 6.42 Å². The summed E-state index contributed by atoms with van der Waals surface area (Å²) < 4.78 is 31.6. The SMILES string of the molecule is COc1ccccc1S(=O)(=O)NC(CCSC)C(=O)O. The summed E-state index contributed by atoms with van der Waals surface area (Å²) in [5.41, 5.74) is 0. The lowest BCUT2D eigenvalue weighted by Gasteiger charge is -2.15. The van der Waals surface area contributed by atoms with E-state index in [1.165, 1.54) is 31.0 Å². The van der Waals surface area contributed by atoms with Crippen LogP contribution in [0.4, 0.5) is 0 Å². The summed E-state index contributed by atoms with van der Waals surface area (Å²) in [5.74, 6) is -0.475. The van der Waals surface area contributed by atoms with Crippen molar-refractivity contribution in [2.75, 3.05) is 19.1 Å². The Bertz CT molecular complexity index is 559. The van der Waals surface area contributed by atoms with Gasteiger partial charge in [-0.25, -0.2) is 8.42 Å². The van der Waals surface area contributed by atoms with Gasteiger partial charge >= 0.3 is 5.97 Å². The third kappa shape index (κ3) is 4.39. The summed E-state index contributed by atoms with van der Waals surface area (Å²) in [5, 5.41) is 9.07. The predicted octanol–water partition coefficient (Wildman–Crippen LogP) is 1.18. The van der Waals surface area contributed by atoms with Gasteiger partial charge in [0.05, 0.1) is 7.11 Å². The van der Waals surface area contributed by atoms with Gasteiger partial charge in [-0.1, -0.05) is 12.1 Å². The maximum absolute atomic E-state index is 12.2. The lowest BCUT2D eigenvalue weighted by atomic mass is 10.2. The van der Waals surface area contributed by atoms with Crippen LogP contribution in [0.2, 0.25) is 0 Å². The van der Waals surface area contributed by atoms with Gasteiger partial charge in [0, 0.05) is 0 Å². The van der Waals surface area contributed by atoms with Crippen molar-refractivity contribution in [3.05, 3.63) is 24.3 Å². The molecule has 0 aliphatic carbocycles. The van der Waals surface area contributed by atoms with Gasteiger partial charge in [-0.3, -0.25) is 4.79 Å². The molecule has 0 aliphatic heterocycles. The first-order chi connectivity index (χ1) is 9.42. The maximum Gasteiger partial charge on any atom is 0.321 e. The number of nitrogens with one attached hydrogen (secondary N) is 1. The highest BCUT2D eigenvalue weighted by atomic mass is 32.2. The van der Waals surface area contributed by atoms with Crippen molar-refractivity contribution in [3.63, 3.8) is 0 Å². The number of hydrogen-bond acceptors (Lipinski definition) is 5. The lowest BCUT2D eigenvalue weighted by Crippen LogP contribution is -2.41. The zero-order valence-corrected chi connectivity index (χ0v) is 12.8. The Hall–Kier alpha value is -1.25. The minimum atomic E-state index is -3.94. The zero-order valence-electron chi connectivity index (χ0n) is 11.2. The number of carboxylic acids is 1. The Morgan fingerprint density at radius 2 is 2.10 bits per heavy atom. The highest BCUT2D eigenvalue weighted by Crippen LogP contribution is 2.23. The van der Waals surface area contributed by atoms with Gasteiger partial charge < -0.3 is 9.84 Å². The minimum absolute atomic E-state index is 0.0714. The van der Waals surface area contributed by atoms with Crippen molar-refractivity contribution in [2.45, 2.75) is 17.4 Å². The largest absolute Gasteiger partial charge is 0.495 e. The molecule has 2 N–H and O–H groups in total. The highest BCUT2D eigenvalue weighted by Gasteiger charge is 2.27. The van der Waals surface area contributed by atoms with Crippen LogP contribution in [0.15, 0.2) is 29.2 Å². The smallest absolute Gasteiger partial charge is 0.321 e. The van der Waals surface area contributed by atoms with Crippen LogP contribution < -0.4 is 9.46 Å². The van der Waals surface area contributed by atoms with E-state index in [4.69, 9.17) is 9.84 Å². The lowest BCUT2D eigenvalue weighted by molar-refractivity contribution is -0.139. The van der Waals surface area contributed by atoms with E-state index in [1.807, 2.05) is 6.26 Å². The van der Waals surface area contributed by atoms with Gasteiger partial charge in [0.2, 0.25) is 10.0 Å². The molecule has 6 nitrogen and oxygen atoms in total. The van der Waals surface area contributed by atoms with Crippen molar-refractivity contribution < 1.29 is 23.1 Å². The average molecular weight is 319 g/mol. The van der Waals surface area contributed by atoms with E-state index in [-0.39, 0.29) is 17.1 Å². The number of ether oxygens (including phenoxy) is 1. The molecular formula is C12H17NO5S2. The number of thioether (sulfide) groups is 1. The number of methoxy groups -OCH3 is 1. The van der Waals surface area contributed by atoms with Crippen LogP contribution in [0, 0.1) is 0 Å². The van der Waals surface area contributed by atoms with Crippen LogP contribution in [-0.4, -0.2) is 44.7 Å². The van der Waals surface area contributed by atoms with Gasteiger partial charge in [-0.2, -0.15) is 16.5 Å². The molecule has 0 radical (unpaired) electrons. The zero-order chi connectivity index (χ0) is 15.2. The highest BCUT2D eigenvalue weighted by molar-refractivity contribution is 7.98. The van der Waals surface area contributed by atoms with Crippen LogP contribution >= 0.6 is 11.8 Å². The molecule has 0 amide bonds. The summed E-state index contributed by atoms with van der Waals surface area (Å²) in [7, 11) is -2.58. The monoisotopic (exact) mass is 319 g/mol. The Balaban J connectivity index is 3.00. The third-order valence-corrected chi connectivity index (χ3v) is 4.72. The summed E-state index contributed by atoms with van der Waals surface area (Å²) in [6.07, 6.45) is 2.04. The molecule has 1 aromatic rings. The van der Waals surface area contributed by atoms with E-state index in [0.717, 1.165) is 0 Å². The Labute approximate surface area is 122 Å². The molecule has 0 aliphatic rings. The molecule has 0 aromatic heterocycles. The molecule has 1 unspecified atom stereocenters. The van der Waals surface area contributed by atoms with E-state index in [0.29, 0.717) is 5.75 Å². The molecule has 0 bridgehead atoms. The van der Waals surface area contributed by atoms with E-state index in [9.17, 15) is 13.2 Å². The minimum Gasteiger partial charge on any atom is -0.495 e. The number of carbonyl (C=O) groups is 1. The Morgan fingerprint density at radius 3 is 2.65 bits per heavy atom. The molecule has 0 spiro atoms. The van der Waals surface area contributed by atoms with Gasteiger partial charge in [0.25, 0.3) is 0 Å². The van der Waals surface area contributed by atoms with Crippen LogP contribution in [-0.2, 0) is 14.8 Å². The number of aliphatic carboxylic acids is 1.